The lowest BCUT2D eigenvalue weighted by Gasteiger charge is -2.17. The number of fused-ring (bicyclic) bond motifs is 3. The predicted octanol–water partition coefficient (Wildman–Crippen LogP) is 14.1. The summed E-state index contributed by atoms with van der Waals surface area (Å²) in [7, 11) is 6.26. The van der Waals surface area contributed by atoms with Gasteiger partial charge in [-0.3, -0.25) is 49.8 Å². The summed E-state index contributed by atoms with van der Waals surface area (Å²) in [6.45, 7) is 10.1. The highest BCUT2D eigenvalue weighted by Crippen LogP contribution is 2.41. The van der Waals surface area contributed by atoms with Crippen LogP contribution in [0.5, 0.6) is 0 Å². The Morgan fingerprint density at radius 3 is 0.907 bits per heavy atom. The quantitative estimate of drug-likeness (QED) is 0.122. The summed E-state index contributed by atoms with van der Waals surface area (Å²) in [5.74, 6) is 3.88. The third-order valence-corrected chi connectivity index (χ3v) is 16.1. The summed E-state index contributed by atoms with van der Waals surface area (Å²) < 4.78 is 0. The van der Waals surface area contributed by atoms with E-state index in [1.54, 1.807) is 138 Å². The Kier molecular flexibility index (Phi) is 28.8. The molecule has 2 unspecified atom stereocenters. The van der Waals surface area contributed by atoms with Crippen LogP contribution in [-0.2, 0) is 12.8 Å². The van der Waals surface area contributed by atoms with Gasteiger partial charge < -0.3 is 39.6 Å². The number of hydrogen-bond acceptors (Lipinski definition) is 25. The van der Waals surface area contributed by atoms with Crippen molar-refractivity contribution in [3.05, 3.63) is 305 Å². The minimum Gasteiger partial charge on any atom is -0.393 e. The van der Waals surface area contributed by atoms with Crippen LogP contribution in [0.2, 0.25) is 0 Å². The number of pyridine rings is 5. The highest BCUT2D eigenvalue weighted by atomic mass is 16.3. The highest BCUT2D eigenvalue weighted by molar-refractivity contribution is 5.83. The Labute approximate surface area is 624 Å². The topological polar surface area (TPSA) is 279 Å². The van der Waals surface area contributed by atoms with Gasteiger partial charge in [-0.1, -0.05) is 68.4 Å². The molecule has 25 heteroatoms. The lowest BCUT2D eigenvalue weighted by Crippen LogP contribution is -2.24. The lowest BCUT2D eigenvalue weighted by atomic mass is 10.1. The Balaban J connectivity index is 0.000000132. The van der Waals surface area contributed by atoms with Crippen LogP contribution in [0.4, 0.5) is 51.6 Å². The van der Waals surface area contributed by atoms with Gasteiger partial charge in [0, 0.05) is 126 Å². The standard InChI is InChI=1S/C14H16N2.C13H13N3.2C12H12N4.C10H8N2.2C8H6N4.C5H12O2/c1-3-11-5-7-15-13(9-11)14-10-12(4-2)6-8-16-14;1-15-10-16(13-8-4-5-9-14-13)12-7-3-2-6-11(12)15;2*1-15-9-16(12-8-13-6-7-14-12)11-5-3-2-4-10(11)15;1-3-7-11-9(5-1)10-6-2-4-8-12-10;1-3-11-7(5-9-1)8-6-10-2-4-12-8;1-3-9-7(10-4-1)8-11-5-2-6-12-8;1-4(6)3-5(2)7/h5-10H,3-4H2,1-2H3;2-9H,10H2,1H3;2*2-8H,9H2,1H3;1-8H;2*1-6H;4-7H,3H2,1-2H3. The van der Waals surface area contributed by atoms with Crippen LogP contribution in [0.1, 0.15) is 45.2 Å². The summed E-state index contributed by atoms with van der Waals surface area (Å²) in [5.41, 5.74) is 15.2. The largest absolute Gasteiger partial charge is 0.393 e. The van der Waals surface area contributed by atoms with Crippen molar-refractivity contribution >= 4 is 51.6 Å². The van der Waals surface area contributed by atoms with Gasteiger partial charge in [0.2, 0.25) is 0 Å². The van der Waals surface area contributed by atoms with Gasteiger partial charge in [-0.15, -0.1) is 0 Å². The molecule has 17 rings (SSSR count). The van der Waals surface area contributed by atoms with Crippen LogP contribution in [-0.4, -0.2) is 148 Å². The minimum atomic E-state index is -0.375. The molecule has 0 amide bonds. The molecule has 3 aliphatic heterocycles. The van der Waals surface area contributed by atoms with E-state index in [-0.39, 0.29) is 12.2 Å². The average Bonchev–Trinajstić information content (AvgIpc) is 1.66. The molecule has 0 saturated carbocycles. The normalized spacial score (nSPS) is 12.3. The van der Waals surface area contributed by atoms with Crippen molar-refractivity contribution in [1.29, 1.82) is 0 Å². The van der Waals surface area contributed by atoms with Gasteiger partial charge in [0.05, 0.1) is 114 Å². The van der Waals surface area contributed by atoms with E-state index in [1.165, 1.54) is 45.3 Å². The molecule has 25 nitrogen and oxygen atoms in total. The van der Waals surface area contributed by atoms with Crippen molar-refractivity contribution in [3.63, 3.8) is 0 Å². The molecule has 0 fully saturated rings. The maximum absolute atomic E-state index is 8.56. The molecule has 3 aromatic carbocycles. The van der Waals surface area contributed by atoms with E-state index >= 15 is 0 Å². The molecule has 0 saturated heterocycles. The number of aromatic nitrogens is 17. The van der Waals surface area contributed by atoms with E-state index in [4.69, 9.17) is 10.2 Å². The molecule has 0 bridgehead atoms. The van der Waals surface area contributed by atoms with E-state index in [2.05, 4.69) is 222 Å². The van der Waals surface area contributed by atoms with Crippen molar-refractivity contribution < 1.29 is 10.2 Å². The fourth-order valence-electron chi connectivity index (χ4n) is 11.0. The highest BCUT2D eigenvalue weighted by Gasteiger charge is 2.27. The van der Waals surface area contributed by atoms with E-state index in [0.29, 0.717) is 18.1 Å². The van der Waals surface area contributed by atoms with Crippen LogP contribution in [0, 0.1) is 0 Å². The smallest absolute Gasteiger partial charge is 0.197 e. The van der Waals surface area contributed by atoms with E-state index in [9.17, 15) is 0 Å². The average molecular weight is 1420 g/mol. The van der Waals surface area contributed by atoms with E-state index in [1.807, 2.05) is 97.5 Å². The second-order valence-corrected chi connectivity index (χ2v) is 24.1. The van der Waals surface area contributed by atoms with Crippen molar-refractivity contribution in [1.82, 2.24) is 84.7 Å². The Bertz CT molecular complexity index is 4270. The number of aryl methyl sites for hydroxylation is 2. The van der Waals surface area contributed by atoms with Crippen LogP contribution >= 0.6 is 0 Å². The lowest BCUT2D eigenvalue weighted by molar-refractivity contribution is 0.102. The number of hydrogen-bond donors (Lipinski definition) is 2. The fourth-order valence-corrected chi connectivity index (χ4v) is 11.0. The molecule has 107 heavy (non-hydrogen) atoms. The fraction of sp³-hybridized carbons (Fsp3) is 0.183. The van der Waals surface area contributed by atoms with Crippen LogP contribution in [0.25, 0.3) is 45.8 Å². The molecule has 3 aliphatic rings. The summed E-state index contributed by atoms with van der Waals surface area (Å²) in [5, 5.41) is 17.1. The van der Waals surface area contributed by atoms with Gasteiger partial charge in [-0.05, 0) is 153 Å². The van der Waals surface area contributed by atoms with Gasteiger partial charge in [0.25, 0.3) is 0 Å². The molecule has 14 heterocycles. The molecular weight excluding hydrogens is 1340 g/mol. The van der Waals surface area contributed by atoms with Crippen molar-refractivity contribution in [2.75, 3.05) is 70.5 Å². The molecule has 11 aromatic heterocycles. The van der Waals surface area contributed by atoms with Crippen molar-refractivity contribution in [3.8, 4) is 45.8 Å². The van der Waals surface area contributed by atoms with E-state index < -0.39 is 0 Å². The third-order valence-electron chi connectivity index (χ3n) is 16.1. The maximum Gasteiger partial charge on any atom is 0.197 e. The first-order valence-electron chi connectivity index (χ1n) is 34.8. The molecule has 2 N–H and O–H groups in total. The first kappa shape index (κ1) is 76.3. The molecule has 0 radical (unpaired) electrons. The van der Waals surface area contributed by atoms with Gasteiger partial charge in [-0.25, -0.2) is 34.9 Å². The molecule has 0 aliphatic carbocycles. The summed E-state index contributed by atoms with van der Waals surface area (Å²) in [6.07, 6.45) is 37.7. The van der Waals surface area contributed by atoms with Crippen LogP contribution < -0.4 is 29.4 Å². The number of nitrogens with zero attached hydrogens (tertiary/aromatic N) is 23. The third kappa shape index (κ3) is 22.6. The maximum atomic E-state index is 8.56. The Morgan fingerprint density at radius 1 is 0.290 bits per heavy atom. The number of rotatable bonds is 11. The van der Waals surface area contributed by atoms with Crippen molar-refractivity contribution in [2.24, 2.45) is 0 Å². The first-order valence-corrected chi connectivity index (χ1v) is 34.8. The number of para-hydroxylation sites is 6. The molecule has 540 valence electrons. The molecule has 14 aromatic rings. The number of aliphatic hydroxyl groups is 2. The zero-order chi connectivity index (χ0) is 74.8. The van der Waals surface area contributed by atoms with Crippen molar-refractivity contribution in [2.45, 2.75) is 59.2 Å². The Morgan fingerprint density at radius 2 is 0.598 bits per heavy atom. The van der Waals surface area contributed by atoms with Gasteiger partial charge in [-0.2, -0.15) is 0 Å². The SMILES string of the molecule is CC(O)CC(C)O.CCc1ccnc(-c2cc(CC)ccn2)c1.CN1CN(c2ccccn2)c2ccccc21.CN1CN(c2cnccn2)c2ccccc21.CN1CN(c2cnccn2)c2ccccc21.c1ccc(-c2ccccn2)nc1.c1cnc(-c2cnccn2)cn1.c1cnc(-c2ncccn2)nc1. The van der Waals surface area contributed by atoms with Gasteiger partial charge in [0.1, 0.15) is 17.2 Å². The minimum absolute atomic E-state index is 0.375. The predicted molar refractivity (Wildman–Crippen MR) is 422 cm³/mol. The second kappa shape index (κ2) is 40.5. The zero-order valence-electron chi connectivity index (χ0n) is 60.8. The Hall–Kier alpha value is -13.4. The second-order valence-electron chi connectivity index (χ2n) is 24.1. The van der Waals surface area contributed by atoms with Crippen LogP contribution in [0.3, 0.4) is 0 Å². The molecule has 2 atom stereocenters. The summed E-state index contributed by atoms with van der Waals surface area (Å²) in [6, 6.07) is 54.5. The number of aliphatic hydroxyl groups excluding tert-OH is 2. The van der Waals surface area contributed by atoms with E-state index in [0.717, 1.165) is 84.5 Å². The summed E-state index contributed by atoms with van der Waals surface area (Å²) in [4.78, 5) is 83.6. The zero-order valence-corrected chi connectivity index (χ0v) is 60.8. The molecule has 0 spiro atoms. The van der Waals surface area contributed by atoms with Crippen LogP contribution in [0.15, 0.2) is 294 Å². The summed E-state index contributed by atoms with van der Waals surface area (Å²) >= 11 is 0. The number of anilines is 9. The molecular formula is C82H85N23O2. The monoisotopic (exact) mass is 1420 g/mol. The van der Waals surface area contributed by atoms with Gasteiger partial charge in [0.15, 0.2) is 23.3 Å². The van der Waals surface area contributed by atoms with Gasteiger partial charge >= 0.3 is 0 Å². The first-order chi connectivity index (χ1) is 52.4. The number of benzene rings is 3.